The molecular formula is C14H14F2N2. The Balaban J connectivity index is 2.40. The van der Waals surface area contributed by atoms with Gasteiger partial charge in [0.15, 0.2) is 0 Å². The lowest BCUT2D eigenvalue weighted by Crippen LogP contribution is -2.00. The van der Waals surface area contributed by atoms with Gasteiger partial charge in [-0.25, -0.2) is 8.78 Å². The van der Waals surface area contributed by atoms with Crippen molar-refractivity contribution in [1.29, 1.82) is 0 Å². The van der Waals surface area contributed by atoms with E-state index in [4.69, 9.17) is 5.73 Å². The van der Waals surface area contributed by atoms with Gasteiger partial charge in [0.2, 0.25) is 0 Å². The van der Waals surface area contributed by atoms with Gasteiger partial charge in [0, 0.05) is 17.4 Å². The third-order valence-electron chi connectivity index (χ3n) is 2.89. The minimum Gasteiger partial charge on any atom is -0.398 e. The number of benzene rings is 2. The molecule has 2 nitrogen and oxygen atoms in total. The van der Waals surface area contributed by atoms with Crippen LogP contribution < -0.4 is 11.1 Å². The van der Waals surface area contributed by atoms with Crippen molar-refractivity contribution in [2.75, 3.05) is 11.1 Å². The molecule has 0 bridgehead atoms. The van der Waals surface area contributed by atoms with E-state index in [-0.39, 0.29) is 11.3 Å². The minimum absolute atomic E-state index is 0.104. The second-order valence-corrected chi connectivity index (χ2v) is 4.23. The van der Waals surface area contributed by atoms with Crippen LogP contribution in [0.5, 0.6) is 0 Å². The van der Waals surface area contributed by atoms with Gasteiger partial charge in [-0.05, 0) is 43.2 Å². The number of aryl methyl sites for hydroxylation is 1. The van der Waals surface area contributed by atoms with E-state index in [1.807, 2.05) is 6.92 Å². The van der Waals surface area contributed by atoms with E-state index in [9.17, 15) is 8.78 Å². The summed E-state index contributed by atoms with van der Waals surface area (Å²) in [5.74, 6) is -0.934. The molecule has 2 rings (SSSR count). The zero-order valence-electron chi connectivity index (χ0n) is 10.2. The fraction of sp³-hybridized carbons (Fsp3) is 0.143. The van der Waals surface area contributed by atoms with Crippen molar-refractivity contribution in [3.8, 4) is 0 Å². The molecule has 4 heteroatoms. The fourth-order valence-electron chi connectivity index (χ4n) is 1.68. The first-order valence-corrected chi connectivity index (χ1v) is 5.57. The van der Waals surface area contributed by atoms with Crippen LogP contribution in [0.15, 0.2) is 30.3 Å². The first kappa shape index (κ1) is 12.4. The van der Waals surface area contributed by atoms with Crippen LogP contribution in [0.25, 0.3) is 0 Å². The number of nitrogens with one attached hydrogen (secondary N) is 1. The van der Waals surface area contributed by atoms with Crippen LogP contribution in [0.4, 0.5) is 25.8 Å². The largest absolute Gasteiger partial charge is 0.398 e. The second-order valence-electron chi connectivity index (χ2n) is 4.23. The summed E-state index contributed by atoms with van der Waals surface area (Å²) in [6.07, 6.45) is 0. The third-order valence-corrected chi connectivity index (χ3v) is 2.89. The summed E-state index contributed by atoms with van der Waals surface area (Å²) in [5, 5.41) is 2.85. The molecule has 18 heavy (non-hydrogen) atoms. The van der Waals surface area contributed by atoms with Crippen LogP contribution in [-0.2, 0) is 0 Å². The van der Waals surface area contributed by atoms with E-state index < -0.39 is 11.6 Å². The Kier molecular flexibility index (Phi) is 3.19. The zero-order valence-corrected chi connectivity index (χ0v) is 10.2. The van der Waals surface area contributed by atoms with Crippen LogP contribution in [0.3, 0.4) is 0 Å². The number of halogens is 2. The van der Waals surface area contributed by atoms with E-state index in [2.05, 4.69) is 5.32 Å². The van der Waals surface area contributed by atoms with Crippen LogP contribution in [0.1, 0.15) is 11.1 Å². The Bertz CT molecular complexity index is 595. The van der Waals surface area contributed by atoms with Gasteiger partial charge in [-0.3, -0.25) is 0 Å². The predicted octanol–water partition coefficient (Wildman–Crippen LogP) is 3.91. The van der Waals surface area contributed by atoms with E-state index in [1.54, 1.807) is 18.2 Å². The average Bonchev–Trinajstić information content (AvgIpc) is 2.32. The van der Waals surface area contributed by atoms with Gasteiger partial charge in [-0.1, -0.05) is 6.07 Å². The molecule has 0 saturated carbocycles. The first-order chi connectivity index (χ1) is 8.49. The van der Waals surface area contributed by atoms with Crippen molar-refractivity contribution in [3.63, 3.8) is 0 Å². The summed E-state index contributed by atoms with van der Waals surface area (Å²) in [6, 6.07) is 7.59. The summed E-state index contributed by atoms with van der Waals surface area (Å²) in [5.41, 5.74) is 8.21. The van der Waals surface area contributed by atoms with Gasteiger partial charge in [0.1, 0.15) is 11.6 Å². The molecule has 94 valence electrons. The lowest BCUT2D eigenvalue weighted by molar-refractivity contribution is 0.595. The molecule has 0 aromatic heterocycles. The Morgan fingerprint density at radius 2 is 1.72 bits per heavy atom. The van der Waals surface area contributed by atoms with Crippen LogP contribution in [-0.4, -0.2) is 0 Å². The van der Waals surface area contributed by atoms with Gasteiger partial charge >= 0.3 is 0 Å². The highest BCUT2D eigenvalue weighted by atomic mass is 19.1. The molecule has 0 aliphatic rings. The SMILES string of the molecule is Cc1cc(F)c(Nc2cccc(N)c2C)cc1F. The van der Waals surface area contributed by atoms with Crippen molar-refractivity contribution >= 4 is 17.1 Å². The van der Waals surface area contributed by atoms with E-state index in [0.29, 0.717) is 11.4 Å². The maximum atomic E-state index is 13.7. The number of nitrogens with two attached hydrogens (primary N) is 1. The Morgan fingerprint density at radius 1 is 1.00 bits per heavy atom. The highest BCUT2D eigenvalue weighted by Gasteiger charge is 2.09. The molecule has 0 heterocycles. The fourth-order valence-corrected chi connectivity index (χ4v) is 1.68. The van der Waals surface area contributed by atoms with Gasteiger partial charge in [-0.15, -0.1) is 0 Å². The molecule has 0 aliphatic carbocycles. The highest BCUT2D eigenvalue weighted by molar-refractivity contribution is 5.69. The average molecular weight is 248 g/mol. The summed E-state index contributed by atoms with van der Waals surface area (Å²) in [7, 11) is 0. The van der Waals surface area contributed by atoms with Crippen LogP contribution in [0, 0.1) is 25.5 Å². The molecule has 0 radical (unpaired) electrons. The monoisotopic (exact) mass is 248 g/mol. The normalized spacial score (nSPS) is 10.4. The number of rotatable bonds is 2. The van der Waals surface area contributed by atoms with E-state index in [0.717, 1.165) is 11.6 Å². The first-order valence-electron chi connectivity index (χ1n) is 5.57. The molecule has 0 saturated heterocycles. The summed E-state index contributed by atoms with van der Waals surface area (Å²) in [6.45, 7) is 3.34. The molecule has 3 N–H and O–H groups in total. The topological polar surface area (TPSA) is 38.0 Å². The molecule has 0 aliphatic heterocycles. The number of anilines is 3. The zero-order chi connectivity index (χ0) is 13.3. The van der Waals surface area contributed by atoms with Crippen LogP contribution in [0.2, 0.25) is 0 Å². The molecular weight excluding hydrogens is 234 g/mol. The quantitative estimate of drug-likeness (QED) is 0.791. The van der Waals surface area contributed by atoms with Crippen molar-refractivity contribution in [2.45, 2.75) is 13.8 Å². The maximum Gasteiger partial charge on any atom is 0.147 e. The molecule has 2 aromatic rings. The molecule has 0 fully saturated rings. The number of nitrogen functional groups attached to an aromatic ring is 1. The maximum absolute atomic E-state index is 13.7. The lowest BCUT2D eigenvalue weighted by atomic mass is 10.1. The standard InChI is InChI=1S/C14H14F2N2/c1-8-6-11(16)14(7-10(8)15)18-13-5-3-4-12(17)9(13)2/h3-7,18H,17H2,1-2H3. The smallest absolute Gasteiger partial charge is 0.147 e. The summed E-state index contributed by atoms with van der Waals surface area (Å²) >= 11 is 0. The molecule has 0 unspecified atom stereocenters. The van der Waals surface area contributed by atoms with Crippen molar-refractivity contribution < 1.29 is 8.78 Å². The Hall–Kier alpha value is -2.10. The number of hydrogen-bond donors (Lipinski definition) is 2. The molecule has 2 aromatic carbocycles. The van der Waals surface area contributed by atoms with E-state index in [1.165, 1.54) is 13.0 Å². The summed E-state index contributed by atoms with van der Waals surface area (Å²) < 4.78 is 27.1. The molecule has 0 atom stereocenters. The predicted molar refractivity (Wildman–Crippen MR) is 70.0 cm³/mol. The summed E-state index contributed by atoms with van der Waals surface area (Å²) in [4.78, 5) is 0. The Labute approximate surface area is 104 Å². The van der Waals surface area contributed by atoms with Crippen molar-refractivity contribution in [1.82, 2.24) is 0 Å². The van der Waals surface area contributed by atoms with Crippen molar-refractivity contribution in [2.24, 2.45) is 0 Å². The third kappa shape index (κ3) is 2.27. The lowest BCUT2D eigenvalue weighted by Gasteiger charge is -2.12. The van der Waals surface area contributed by atoms with E-state index >= 15 is 0 Å². The number of hydrogen-bond acceptors (Lipinski definition) is 2. The highest BCUT2D eigenvalue weighted by Crippen LogP contribution is 2.27. The second kappa shape index (κ2) is 4.64. The van der Waals surface area contributed by atoms with Crippen LogP contribution >= 0.6 is 0 Å². The van der Waals surface area contributed by atoms with Gasteiger partial charge < -0.3 is 11.1 Å². The molecule has 0 amide bonds. The molecule has 0 spiro atoms. The van der Waals surface area contributed by atoms with Gasteiger partial charge in [-0.2, -0.15) is 0 Å². The van der Waals surface area contributed by atoms with Crippen molar-refractivity contribution in [3.05, 3.63) is 53.1 Å². The van der Waals surface area contributed by atoms with Gasteiger partial charge in [0.05, 0.1) is 5.69 Å². The minimum atomic E-state index is -0.490. The van der Waals surface area contributed by atoms with Gasteiger partial charge in [0.25, 0.3) is 0 Å². The Morgan fingerprint density at radius 3 is 2.44 bits per heavy atom.